The third kappa shape index (κ3) is 4.03. The molecule has 0 amide bonds. The maximum atomic E-state index is 6.07. The maximum absolute atomic E-state index is 6.07. The lowest BCUT2D eigenvalue weighted by Gasteiger charge is -2.25. The second-order valence-corrected chi connectivity index (χ2v) is 5.54. The topological polar surface area (TPSA) is 9.23 Å². The highest BCUT2D eigenvalue weighted by molar-refractivity contribution is 7.80. The van der Waals surface area contributed by atoms with Crippen molar-refractivity contribution in [2.45, 2.75) is 51.0 Å². The Labute approximate surface area is 116 Å². The highest BCUT2D eigenvalue weighted by atomic mass is 32.1. The van der Waals surface area contributed by atoms with Gasteiger partial charge in [-0.25, -0.2) is 0 Å². The molecule has 0 bridgehead atoms. The van der Waals surface area contributed by atoms with E-state index in [1.165, 1.54) is 56.1 Å². The van der Waals surface area contributed by atoms with Gasteiger partial charge in [0.1, 0.15) is 0 Å². The number of hydrogen-bond acceptors (Lipinski definition) is 2. The van der Waals surface area contributed by atoms with E-state index in [9.17, 15) is 0 Å². The van der Waals surface area contributed by atoms with Crippen molar-refractivity contribution in [3.05, 3.63) is 35.4 Å². The van der Waals surface area contributed by atoms with Gasteiger partial charge >= 0.3 is 0 Å². The van der Waals surface area contributed by atoms with Crippen molar-refractivity contribution >= 4 is 12.6 Å². The summed E-state index contributed by atoms with van der Waals surface area (Å²) in [6.07, 6.45) is 9.00. The van der Waals surface area contributed by atoms with Gasteiger partial charge in [0, 0.05) is 6.61 Å². The van der Waals surface area contributed by atoms with Crippen molar-refractivity contribution in [1.29, 1.82) is 0 Å². The number of benzene rings is 1. The van der Waals surface area contributed by atoms with Crippen molar-refractivity contribution in [3.63, 3.8) is 0 Å². The number of unbranched alkanes of at least 4 members (excludes halogenated alkanes) is 3. The van der Waals surface area contributed by atoms with Crippen LogP contribution in [-0.2, 0) is 11.2 Å². The van der Waals surface area contributed by atoms with Crippen molar-refractivity contribution in [2.24, 2.45) is 0 Å². The first kappa shape index (κ1) is 14.0. The summed E-state index contributed by atoms with van der Waals surface area (Å²) in [5.74, 6) is 1.01. The van der Waals surface area contributed by atoms with Gasteiger partial charge < -0.3 is 4.74 Å². The minimum Gasteiger partial charge on any atom is -0.374 e. The Morgan fingerprint density at radius 2 is 1.94 bits per heavy atom. The van der Waals surface area contributed by atoms with Crippen LogP contribution in [0.1, 0.15) is 55.8 Å². The predicted molar refractivity (Wildman–Crippen MR) is 80.4 cm³/mol. The van der Waals surface area contributed by atoms with Gasteiger partial charge in [-0.2, -0.15) is 12.6 Å². The average molecular weight is 264 g/mol. The minimum atomic E-state index is 0.347. The summed E-state index contributed by atoms with van der Waals surface area (Å²) < 4.78 is 6.07. The van der Waals surface area contributed by atoms with Crippen LogP contribution in [0.4, 0.5) is 0 Å². The van der Waals surface area contributed by atoms with E-state index in [4.69, 9.17) is 4.74 Å². The zero-order valence-electron chi connectivity index (χ0n) is 11.1. The first-order valence-electron chi connectivity index (χ1n) is 7.22. The lowest BCUT2D eigenvalue weighted by molar-refractivity contribution is 0.0383. The first-order chi connectivity index (χ1) is 8.92. The largest absolute Gasteiger partial charge is 0.374 e. The fraction of sp³-hybridized carbons (Fsp3) is 0.625. The summed E-state index contributed by atoms with van der Waals surface area (Å²) in [7, 11) is 0. The highest BCUT2D eigenvalue weighted by Crippen LogP contribution is 2.32. The number of hydrogen-bond donors (Lipinski definition) is 1. The van der Waals surface area contributed by atoms with Gasteiger partial charge in [0.15, 0.2) is 0 Å². The molecule has 0 radical (unpaired) electrons. The van der Waals surface area contributed by atoms with E-state index in [1.807, 2.05) is 0 Å². The molecule has 1 aromatic carbocycles. The molecule has 0 heterocycles. The number of fused-ring (bicyclic) bond motifs is 1. The Hall–Kier alpha value is -0.470. The fourth-order valence-corrected chi connectivity index (χ4v) is 2.90. The number of ether oxygens (including phenoxy) is 1. The zero-order chi connectivity index (χ0) is 12.6. The van der Waals surface area contributed by atoms with E-state index in [0.717, 1.165) is 12.4 Å². The molecule has 2 rings (SSSR count). The van der Waals surface area contributed by atoms with Crippen molar-refractivity contribution < 1.29 is 4.74 Å². The SMILES string of the molecule is SCCCCCCOC1CCCc2ccccc21. The molecular weight excluding hydrogens is 240 g/mol. The molecule has 0 aliphatic heterocycles. The molecule has 0 N–H and O–H groups in total. The third-order valence-corrected chi connectivity index (χ3v) is 4.00. The Morgan fingerprint density at radius 3 is 2.83 bits per heavy atom. The van der Waals surface area contributed by atoms with Crippen LogP contribution in [0, 0.1) is 0 Å². The second-order valence-electron chi connectivity index (χ2n) is 5.09. The molecule has 2 heteroatoms. The molecule has 0 aromatic heterocycles. The van der Waals surface area contributed by atoms with Crippen molar-refractivity contribution in [1.82, 2.24) is 0 Å². The van der Waals surface area contributed by atoms with Gasteiger partial charge in [-0.3, -0.25) is 0 Å². The first-order valence-corrected chi connectivity index (χ1v) is 7.85. The predicted octanol–water partition coefficient (Wildman–Crippen LogP) is 4.57. The summed E-state index contributed by atoms with van der Waals surface area (Å²) in [4.78, 5) is 0. The molecule has 0 saturated heterocycles. The molecule has 0 saturated carbocycles. The maximum Gasteiger partial charge on any atom is 0.0827 e. The van der Waals surface area contributed by atoms with E-state index < -0.39 is 0 Å². The smallest absolute Gasteiger partial charge is 0.0827 e. The monoisotopic (exact) mass is 264 g/mol. The highest BCUT2D eigenvalue weighted by Gasteiger charge is 2.19. The summed E-state index contributed by atoms with van der Waals surface area (Å²) in [6, 6.07) is 8.75. The molecule has 1 aliphatic carbocycles. The van der Waals surface area contributed by atoms with Crippen molar-refractivity contribution in [3.8, 4) is 0 Å². The summed E-state index contributed by atoms with van der Waals surface area (Å²) >= 11 is 4.23. The third-order valence-electron chi connectivity index (χ3n) is 3.69. The number of thiol groups is 1. The quantitative estimate of drug-likeness (QED) is 0.560. The van der Waals surface area contributed by atoms with Crippen molar-refractivity contribution in [2.75, 3.05) is 12.4 Å². The van der Waals surface area contributed by atoms with Gasteiger partial charge in [-0.1, -0.05) is 37.1 Å². The Balaban J connectivity index is 1.74. The Kier molecular flexibility index (Phi) is 6.09. The molecule has 0 spiro atoms. The van der Waals surface area contributed by atoms with Crippen LogP contribution in [0.3, 0.4) is 0 Å². The van der Waals surface area contributed by atoms with E-state index in [2.05, 4.69) is 36.9 Å². The van der Waals surface area contributed by atoms with E-state index in [-0.39, 0.29) is 0 Å². The van der Waals surface area contributed by atoms with Crippen LogP contribution in [0.5, 0.6) is 0 Å². The average Bonchev–Trinajstić information content (AvgIpc) is 2.43. The molecule has 1 unspecified atom stereocenters. The summed E-state index contributed by atoms with van der Waals surface area (Å²) in [5, 5.41) is 0. The second kappa shape index (κ2) is 7.85. The van der Waals surface area contributed by atoms with Gasteiger partial charge in [0.25, 0.3) is 0 Å². The molecule has 0 fully saturated rings. The molecule has 1 aliphatic rings. The number of aryl methyl sites for hydroxylation is 1. The lowest BCUT2D eigenvalue weighted by Crippen LogP contribution is -2.13. The number of rotatable bonds is 7. The Bertz CT molecular complexity index is 351. The van der Waals surface area contributed by atoms with Gasteiger partial charge in [0.2, 0.25) is 0 Å². The van der Waals surface area contributed by atoms with Crippen LogP contribution in [0.2, 0.25) is 0 Å². The van der Waals surface area contributed by atoms with Crippen LogP contribution in [-0.4, -0.2) is 12.4 Å². The van der Waals surface area contributed by atoms with Crippen LogP contribution >= 0.6 is 12.6 Å². The van der Waals surface area contributed by atoms with Gasteiger partial charge in [-0.15, -0.1) is 0 Å². The zero-order valence-corrected chi connectivity index (χ0v) is 12.0. The van der Waals surface area contributed by atoms with Crippen LogP contribution in [0.15, 0.2) is 24.3 Å². The van der Waals surface area contributed by atoms with Crippen LogP contribution < -0.4 is 0 Å². The minimum absolute atomic E-state index is 0.347. The van der Waals surface area contributed by atoms with E-state index in [1.54, 1.807) is 0 Å². The molecule has 1 atom stereocenters. The van der Waals surface area contributed by atoms with Gasteiger partial charge in [0.05, 0.1) is 6.10 Å². The standard InChI is InChI=1S/C16H24OS/c18-13-6-2-1-5-12-17-16-11-7-9-14-8-3-4-10-15(14)16/h3-4,8,10,16,18H,1-2,5-7,9,11-13H2. The van der Waals surface area contributed by atoms with Crippen LogP contribution in [0.25, 0.3) is 0 Å². The molecular formula is C16H24OS. The molecule has 1 nitrogen and oxygen atoms in total. The van der Waals surface area contributed by atoms with Gasteiger partial charge in [-0.05, 0) is 49.0 Å². The lowest BCUT2D eigenvalue weighted by atomic mass is 9.89. The normalized spacial score (nSPS) is 18.6. The molecule has 1 aromatic rings. The summed E-state index contributed by atoms with van der Waals surface area (Å²) in [5.41, 5.74) is 2.92. The van der Waals surface area contributed by atoms with E-state index in [0.29, 0.717) is 6.10 Å². The molecule has 100 valence electrons. The molecule has 18 heavy (non-hydrogen) atoms. The summed E-state index contributed by atoms with van der Waals surface area (Å²) in [6.45, 7) is 0.908. The Morgan fingerprint density at radius 1 is 1.11 bits per heavy atom. The fourth-order valence-electron chi connectivity index (χ4n) is 2.68. The van der Waals surface area contributed by atoms with E-state index >= 15 is 0 Å².